The number of nitrogens with one attached hydrogen (secondary N) is 2. The van der Waals surface area contributed by atoms with Gasteiger partial charge in [0.1, 0.15) is 5.82 Å². The second-order valence-electron chi connectivity index (χ2n) is 7.30. The number of likely N-dealkylation sites (tertiary alicyclic amines) is 1. The second kappa shape index (κ2) is 14.2. The number of halogens is 1. The fourth-order valence-electron chi connectivity index (χ4n) is 3.55. The summed E-state index contributed by atoms with van der Waals surface area (Å²) in [4.78, 5) is 11.6. The molecule has 0 aliphatic carbocycles. The highest BCUT2D eigenvalue weighted by Gasteiger charge is 2.16. The Morgan fingerprint density at radius 3 is 2.78 bits per heavy atom. The Bertz CT molecular complexity index is 530. The molecular weight excluding hydrogens is 451 g/mol. The average molecular weight is 490 g/mol. The molecule has 1 aliphatic rings. The van der Waals surface area contributed by atoms with Crippen LogP contribution in [0, 0.1) is 6.92 Å². The fraction of sp³-hybridized carbons (Fsp3) is 0.800. The van der Waals surface area contributed by atoms with Crippen molar-refractivity contribution < 1.29 is 0 Å². The summed E-state index contributed by atoms with van der Waals surface area (Å²) in [6.07, 6.45) is 11.4. The van der Waals surface area contributed by atoms with Crippen molar-refractivity contribution in [2.45, 2.75) is 71.9 Å². The molecular formula is C20H39IN6. The highest BCUT2D eigenvalue weighted by Crippen LogP contribution is 2.16. The van der Waals surface area contributed by atoms with Gasteiger partial charge in [-0.05, 0) is 59.4 Å². The van der Waals surface area contributed by atoms with E-state index in [1.165, 1.54) is 32.4 Å². The summed E-state index contributed by atoms with van der Waals surface area (Å²) in [5.41, 5.74) is 0. The smallest absolute Gasteiger partial charge is 0.191 e. The number of aromatic nitrogens is 2. The van der Waals surface area contributed by atoms with E-state index in [-0.39, 0.29) is 24.0 Å². The lowest BCUT2D eigenvalue weighted by molar-refractivity contribution is 0.160. The molecule has 2 heterocycles. The second-order valence-corrected chi connectivity index (χ2v) is 7.30. The number of guanidine groups is 1. The van der Waals surface area contributed by atoms with Crippen LogP contribution in [0.4, 0.5) is 0 Å². The third-order valence-electron chi connectivity index (χ3n) is 5.20. The highest BCUT2D eigenvalue weighted by atomic mass is 127. The van der Waals surface area contributed by atoms with Crippen molar-refractivity contribution in [1.82, 2.24) is 25.1 Å². The third-order valence-corrected chi connectivity index (χ3v) is 5.20. The lowest BCUT2D eigenvalue weighted by Gasteiger charge is -2.33. The van der Waals surface area contributed by atoms with E-state index in [2.05, 4.69) is 52.1 Å². The van der Waals surface area contributed by atoms with Crippen LogP contribution in [0.5, 0.6) is 0 Å². The zero-order valence-electron chi connectivity index (χ0n) is 17.4. The maximum atomic E-state index is 4.74. The van der Waals surface area contributed by atoms with Gasteiger partial charge in [0.2, 0.25) is 0 Å². The van der Waals surface area contributed by atoms with Crippen molar-refractivity contribution in [2.24, 2.45) is 4.99 Å². The molecule has 7 heteroatoms. The molecule has 156 valence electrons. The molecule has 0 saturated carbocycles. The van der Waals surface area contributed by atoms with Crippen molar-refractivity contribution in [3.63, 3.8) is 0 Å². The number of piperidine rings is 1. The van der Waals surface area contributed by atoms with Gasteiger partial charge < -0.3 is 20.1 Å². The van der Waals surface area contributed by atoms with E-state index < -0.39 is 0 Å². The molecule has 1 saturated heterocycles. The molecule has 1 aromatic heterocycles. The van der Waals surface area contributed by atoms with Crippen LogP contribution in [0.1, 0.15) is 58.2 Å². The first-order valence-corrected chi connectivity index (χ1v) is 10.4. The van der Waals surface area contributed by atoms with Crippen molar-refractivity contribution in [2.75, 3.05) is 32.7 Å². The number of unbranched alkanes of at least 4 members (excludes halogenated alkanes) is 1. The minimum absolute atomic E-state index is 0. The van der Waals surface area contributed by atoms with Crippen molar-refractivity contribution in [3.05, 3.63) is 18.2 Å². The van der Waals surface area contributed by atoms with Crippen LogP contribution in [0.25, 0.3) is 0 Å². The van der Waals surface area contributed by atoms with Crippen molar-refractivity contribution >= 4 is 29.9 Å². The molecule has 1 aromatic rings. The van der Waals surface area contributed by atoms with Gasteiger partial charge in [0.15, 0.2) is 5.96 Å². The molecule has 0 bridgehead atoms. The predicted octanol–water partition coefficient (Wildman–Crippen LogP) is 3.41. The van der Waals surface area contributed by atoms with Crippen LogP contribution >= 0.6 is 24.0 Å². The van der Waals surface area contributed by atoms with E-state index in [1.807, 2.05) is 6.20 Å². The first kappa shape index (κ1) is 24.2. The zero-order chi connectivity index (χ0) is 18.6. The molecule has 2 rings (SSSR count). The van der Waals surface area contributed by atoms with Gasteiger partial charge in [0.25, 0.3) is 0 Å². The molecule has 27 heavy (non-hydrogen) atoms. The quantitative estimate of drug-likeness (QED) is 0.229. The summed E-state index contributed by atoms with van der Waals surface area (Å²) in [5.74, 6) is 2.05. The molecule has 2 N–H and O–H groups in total. The number of hydrogen-bond acceptors (Lipinski definition) is 3. The van der Waals surface area contributed by atoms with Crippen molar-refractivity contribution in [1.29, 1.82) is 0 Å². The minimum Gasteiger partial charge on any atom is -0.357 e. The van der Waals surface area contributed by atoms with Gasteiger partial charge in [0.05, 0.1) is 0 Å². The van der Waals surface area contributed by atoms with E-state index in [0.29, 0.717) is 0 Å². The van der Waals surface area contributed by atoms with E-state index in [9.17, 15) is 0 Å². The van der Waals surface area contributed by atoms with Crippen LogP contribution in [0.15, 0.2) is 17.4 Å². The molecule has 1 fully saturated rings. The number of imidazole rings is 1. The molecule has 1 unspecified atom stereocenters. The molecule has 1 aliphatic heterocycles. The van der Waals surface area contributed by atoms with Crippen LogP contribution in [0.3, 0.4) is 0 Å². The third kappa shape index (κ3) is 9.27. The summed E-state index contributed by atoms with van der Waals surface area (Å²) in [5, 5.41) is 6.82. The van der Waals surface area contributed by atoms with Crippen LogP contribution in [-0.4, -0.2) is 59.2 Å². The van der Waals surface area contributed by atoms with E-state index in [4.69, 9.17) is 4.99 Å². The molecule has 0 amide bonds. The van der Waals surface area contributed by atoms with Gasteiger partial charge >= 0.3 is 0 Å². The Kier molecular flexibility index (Phi) is 12.7. The summed E-state index contributed by atoms with van der Waals surface area (Å²) in [7, 11) is 0. The van der Waals surface area contributed by atoms with Crippen LogP contribution in [0.2, 0.25) is 0 Å². The van der Waals surface area contributed by atoms with Gasteiger partial charge in [-0.1, -0.05) is 6.42 Å². The number of rotatable bonds is 10. The standard InChI is InChI=1S/C20H38N6.HI/c1-4-21-20(23-11-6-8-15-26-17-13-22-19(26)3)24-12-9-16-25-14-7-5-10-18(25)2;/h13,17-18H,4-12,14-16H2,1-3H3,(H2,21,23,24);1H. The molecule has 0 spiro atoms. The Morgan fingerprint density at radius 1 is 1.22 bits per heavy atom. The lowest BCUT2D eigenvalue weighted by Crippen LogP contribution is -2.39. The maximum Gasteiger partial charge on any atom is 0.191 e. The largest absolute Gasteiger partial charge is 0.357 e. The normalized spacial score (nSPS) is 18.2. The number of hydrogen-bond donors (Lipinski definition) is 2. The van der Waals surface area contributed by atoms with Gasteiger partial charge in [-0.25, -0.2) is 4.98 Å². The van der Waals surface area contributed by atoms with Crippen LogP contribution < -0.4 is 10.6 Å². The first-order valence-electron chi connectivity index (χ1n) is 10.4. The van der Waals surface area contributed by atoms with Crippen molar-refractivity contribution in [3.8, 4) is 0 Å². The fourth-order valence-corrected chi connectivity index (χ4v) is 3.55. The minimum atomic E-state index is 0. The summed E-state index contributed by atoms with van der Waals surface area (Å²) in [6, 6.07) is 0.748. The lowest BCUT2D eigenvalue weighted by atomic mass is 10.0. The Labute approximate surface area is 182 Å². The average Bonchev–Trinajstić information content (AvgIpc) is 3.04. The number of nitrogens with zero attached hydrogens (tertiary/aromatic N) is 4. The number of aryl methyl sites for hydroxylation is 2. The van der Waals surface area contributed by atoms with Crippen LogP contribution in [-0.2, 0) is 6.54 Å². The molecule has 6 nitrogen and oxygen atoms in total. The monoisotopic (exact) mass is 490 g/mol. The van der Waals surface area contributed by atoms with Gasteiger partial charge in [0, 0.05) is 51.2 Å². The summed E-state index contributed by atoms with van der Waals surface area (Å²) in [6.45, 7) is 12.8. The van der Waals surface area contributed by atoms with E-state index in [1.54, 1.807) is 0 Å². The van der Waals surface area contributed by atoms with Gasteiger partial charge in [-0.3, -0.25) is 4.99 Å². The summed E-state index contributed by atoms with van der Waals surface area (Å²) < 4.78 is 2.21. The Morgan fingerprint density at radius 2 is 2.07 bits per heavy atom. The highest BCUT2D eigenvalue weighted by molar-refractivity contribution is 14.0. The maximum absolute atomic E-state index is 4.74. The zero-order valence-corrected chi connectivity index (χ0v) is 19.7. The SMILES string of the molecule is CCNC(=NCCCN1CCCCC1C)NCCCCn1ccnc1C.I. The Balaban J connectivity index is 0.00000364. The number of aliphatic imine (C=N–C) groups is 1. The summed E-state index contributed by atoms with van der Waals surface area (Å²) >= 11 is 0. The van der Waals surface area contributed by atoms with E-state index in [0.717, 1.165) is 63.3 Å². The molecule has 0 radical (unpaired) electrons. The van der Waals surface area contributed by atoms with Gasteiger partial charge in [-0.2, -0.15) is 0 Å². The Hall–Kier alpha value is -0.830. The molecule has 0 aromatic carbocycles. The van der Waals surface area contributed by atoms with Gasteiger partial charge in [-0.15, -0.1) is 24.0 Å². The van der Waals surface area contributed by atoms with E-state index >= 15 is 0 Å². The molecule has 1 atom stereocenters. The topological polar surface area (TPSA) is 57.5 Å². The first-order chi connectivity index (χ1) is 12.7. The predicted molar refractivity (Wildman–Crippen MR) is 125 cm³/mol.